The van der Waals surface area contributed by atoms with Gasteiger partial charge in [-0.15, -0.1) is 11.3 Å². The molecule has 4 rings (SSSR count). The van der Waals surface area contributed by atoms with Crippen LogP contribution in [0.2, 0.25) is 0 Å². The van der Waals surface area contributed by atoms with Crippen LogP contribution in [0.15, 0.2) is 30.2 Å². The van der Waals surface area contributed by atoms with E-state index < -0.39 is 10.0 Å². The van der Waals surface area contributed by atoms with Gasteiger partial charge in [-0.1, -0.05) is 6.58 Å². The molecular weight excluding hydrogens is 436 g/mol. The molecule has 1 aromatic carbocycles. The number of fused-ring (bicyclic) bond motifs is 3. The van der Waals surface area contributed by atoms with Crippen molar-refractivity contribution >= 4 is 48.9 Å². The molecule has 3 N–H and O–H groups in total. The molecule has 0 spiro atoms. The number of amides is 2. The number of nitrogens with one attached hydrogen (secondary N) is 3. The lowest BCUT2D eigenvalue weighted by Gasteiger charge is -2.31. The summed E-state index contributed by atoms with van der Waals surface area (Å²) < 4.78 is 26.4. The summed E-state index contributed by atoms with van der Waals surface area (Å²) in [7, 11) is -3.44. The van der Waals surface area contributed by atoms with Crippen molar-refractivity contribution in [1.29, 1.82) is 0 Å². The SMILES string of the molecule is C=CS(=O)(=O)N1CCCC(CNC(=O)c2ccc3sc4c(c3c2)NCC(C)NC4=O)C1. The quantitative estimate of drug-likeness (QED) is 0.632. The molecule has 2 unspecified atom stereocenters. The molecule has 2 amide bonds. The number of carbonyl (C=O) groups is 2. The zero-order valence-electron chi connectivity index (χ0n) is 17.3. The van der Waals surface area contributed by atoms with Gasteiger partial charge >= 0.3 is 0 Å². The zero-order valence-corrected chi connectivity index (χ0v) is 18.9. The Morgan fingerprint density at radius 2 is 2.23 bits per heavy atom. The van der Waals surface area contributed by atoms with Crippen LogP contribution >= 0.6 is 11.3 Å². The molecule has 1 fully saturated rings. The van der Waals surface area contributed by atoms with Gasteiger partial charge in [0.05, 0.1) is 5.69 Å². The summed E-state index contributed by atoms with van der Waals surface area (Å²) in [5, 5.41) is 11.1. The van der Waals surface area contributed by atoms with Crippen LogP contribution in [-0.4, -0.2) is 56.8 Å². The number of rotatable bonds is 5. The third-order valence-corrected chi connectivity index (χ3v) is 8.36. The molecule has 10 heteroatoms. The summed E-state index contributed by atoms with van der Waals surface area (Å²) in [4.78, 5) is 25.8. The van der Waals surface area contributed by atoms with Crippen molar-refractivity contribution in [2.24, 2.45) is 5.92 Å². The first-order chi connectivity index (χ1) is 14.8. The predicted octanol–water partition coefficient (Wildman–Crippen LogP) is 2.36. The first-order valence-corrected chi connectivity index (χ1v) is 12.6. The Labute approximate surface area is 185 Å². The second-order valence-corrected chi connectivity index (χ2v) is 11.0. The van der Waals surface area contributed by atoms with Crippen LogP contribution in [0, 0.1) is 5.92 Å². The van der Waals surface area contributed by atoms with E-state index in [1.165, 1.54) is 15.6 Å². The van der Waals surface area contributed by atoms with Crippen molar-refractivity contribution in [3.63, 3.8) is 0 Å². The van der Waals surface area contributed by atoms with E-state index in [0.29, 0.717) is 36.6 Å². The number of hydrogen-bond acceptors (Lipinski definition) is 6. The summed E-state index contributed by atoms with van der Waals surface area (Å²) in [6.45, 7) is 7.21. The molecule has 2 aliphatic rings. The summed E-state index contributed by atoms with van der Waals surface area (Å²) in [5.74, 6) is -0.256. The van der Waals surface area contributed by atoms with Crippen molar-refractivity contribution in [3.05, 3.63) is 40.6 Å². The van der Waals surface area contributed by atoms with E-state index in [1.807, 2.05) is 19.1 Å². The predicted molar refractivity (Wildman–Crippen MR) is 123 cm³/mol. The lowest BCUT2D eigenvalue weighted by molar-refractivity contribution is 0.0936. The molecule has 166 valence electrons. The second-order valence-electron chi connectivity index (χ2n) is 8.06. The average Bonchev–Trinajstić information content (AvgIpc) is 3.07. The third-order valence-electron chi connectivity index (χ3n) is 5.72. The summed E-state index contributed by atoms with van der Waals surface area (Å²) in [6, 6.07) is 5.45. The molecule has 1 aromatic heterocycles. The summed E-state index contributed by atoms with van der Waals surface area (Å²) in [6.07, 6.45) is 1.62. The fourth-order valence-corrected chi connectivity index (χ4v) is 6.11. The highest BCUT2D eigenvalue weighted by Crippen LogP contribution is 2.37. The molecule has 3 heterocycles. The smallest absolute Gasteiger partial charge is 0.263 e. The van der Waals surface area contributed by atoms with Gasteiger partial charge < -0.3 is 16.0 Å². The van der Waals surface area contributed by atoms with Gasteiger partial charge in [-0.05, 0) is 43.9 Å². The molecule has 0 saturated carbocycles. The molecule has 2 atom stereocenters. The van der Waals surface area contributed by atoms with Crippen LogP contribution in [0.1, 0.15) is 39.8 Å². The van der Waals surface area contributed by atoms with E-state index in [0.717, 1.165) is 34.0 Å². The van der Waals surface area contributed by atoms with Crippen molar-refractivity contribution in [1.82, 2.24) is 14.9 Å². The van der Waals surface area contributed by atoms with Gasteiger partial charge in [0, 0.05) is 53.3 Å². The molecular formula is C21H26N4O4S2. The minimum atomic E-state index is -3.44. The standard InChI is InChI=1S/C21H26N4O4S2/c1-3-31(28,29)25-8-4-5-14(12-25)11-23-20(26)15-6-7-17-16(9-15)18-19(30-17)21(27)24-13(2)10-22-18/h3,6-7,9,13-14,22H,1,4-5,8,10-12H2,2H3,(H,23,26)(H,24,27). The number of anilines is 1. The maximum absolute atomic E-state index is 12.8. The molecule has 1 saturated heterocycles. The van der Waals surface area contributed by atoms with E-state index in [4.69, 9.17) is 0 Å². The molecule has 0 radical (unpaired) electrons. The fraction of sp³-hybridized carbons (Fsp3) is 0.429. The minimum Gasteiger partial charge on any atom is -0.381 e. The molecule has 0 aliphatic carbocycles. The number of thiophene rings is 1. The van der Waals surface area contributed by atoms with Crippen LogP contribution in [0.4, 0.5) is 5.69 Å². The Bertz CT molecular complexity index is 1140. The first-order valence-electron chi connectivity index (χ1n) is 10.3. The van der Waals surface area contributed by atoms with Gasteiger partial charge in [0.1, 0.15) is 4.88 Å². The Balaban J connectivity index is 1.47. The van der Waals surface area contributed by atoms with E-state index in [2.05, 4.69) is 22.5 Å². The molecule has 8 nitrogen and oxygen atoms in total. The highest BCUT2D eigenvalue weighted by atomic mass is 32.2. The van der Waals surface area contributed by atoms with Gasteiger partial charge in [-0.2, -0.15) is 4.31 Å². The van der Waals surface area contributed by atoms with Crippen LogP contribution in [0.3, 0.4) is 0 Å². The van der Waals surface area contributed by atoms with Crippen LogP contribution in [-0.2, 0) is 10.0 Å². The van der Waals surface area contributed by atoms with Crippen LogP contribution in [0.25, 0.3) is 10.1 Å². The van der Waals surface area contributed by atoms with E-state index in [-0.39, 0.29) is 23.8 Å². The number of benzene rings is 1. The third kappa shape index (κ3) is 4.46. The Kier molecular flexibility index (Phi) is 6.05. The van der Waals surface area contributed by atoms with Gasteiger partial charge in [0.25, 0.3) is 11.8 Å². The van der Waals surface area contributed by atoms with E-state index in [1.54, 1.807) is 6.07 Å². The zero-order chi connectivity index (χ0) is 22.2. The largest absolute Gasteiger partial charge is 0.381 e. The van der Waals surface area contributed by atoms with Gasteiger partial charge in [0.15, 0.2) is 0 Å². The normalized spacial score (nSPS) is 22.2. The molecule has 2 aliphatic heterocycles. The van der Waals surface area contributed by atoms with Gasteiger partial charge in [-0.25, -0.2) is 8.42 Å². The van der Waals surface area contributed by atoms with Gasteiger partial charge in [-0.3, -0.25) is 9.59 Å². The van der Waals surface area contributed by atoms with Gasteiger partial charge in [0.2, 0.25) is 10.0 Å². The van der Waals surface area contributed by atoms with Crippen molar-refractivity contribution in [2.45, 2.75) is 25.8 Å². The average molecular weight is 463 g/mol. The van der Waals surface area contributed by atoms with Crippen molar-refractivity contribution < 1.29 is 18.0 Å². The number of sulfonamides is 1. The van der Waals surface area contributed by atoms with Crippen molar-refractivity contribution in [3.8, 4) is 0 Å². The molecule has 31 heavy (non-hydrogen) atoms. The number of carbonyl (C=O) groups excluding carboxylic acids is 2. The summed E-state index contributed by atoms with van der Waals surface area (Å²) >= 11 is 1.41. The van der Waals surface area contributed by atoms with E-state index >= 15 is 0 Å². The number of hydrogen-bond donors (Lipinski definition) is 3. The highest BCUT2D eigenvalue weighted by Gasteiger charge is 2.28. The second kappa shape index (κ2) is 8.60. The lowest BCUT2D eigenvalue weighted by atomic mass is 9.99. The topological polar surface area (TPSA) is 108 Å². The maximum Gasteiger partial charge on any atom is 0.263 e. The van der Waals surface area contributed by atoms with Crippen LogP contribution in [0.5, 0.6) is 0 Å². The highest BCUT2D eigenvalue weighted by molar-refractivity contribution is 7.92. The fourth-order valence-electron chi connectivity index (χ4n) is 4.04. The van der Waals surface area contributed by atoms with Crippen LogP contribution < -0.4 is 16.0 Å². The number of piperidine rings is 1. The Morgan fingerprint density at radius 1 is 1.42 bits per heavy atom. The summed E-state index contributed by atoms with van der Waals surface area (Å²) in [5.41, 5.74) is 1.29. The van der Waals surface area contributed by atoms with Crippen molar-refractivity contribution in [2.75, 3.05) is 31.5 Å². The maximum atomic E-state index is 12.8. The lowest BCUT2D eigenvalue weighted by Crippen LogP contribution is -2.42. The Hall–Kier alpha value is -2.43. The first kappa shape index (κ1) is 21.8. The molecule has 2 aromatic rings. The monoisotopic (exact) mass is 462 g/mol. The minimum absolute atomic E-state index is 0.0218. The van der Waals surface area contributed by atoms with E-state index in [9.17, 15) is 18.0 Å². The number of nitrogens with zero attached hydrogens (tertiary/aromatic N) is 1. The Morgan fingerprint density at radius 3 is 3.00 bits per heavy atom. The molecule has 0 bridgehead atoms.